The Bertz CT molecular complexity index is 1240. The predicted molar refractivity (Wildman–Crippen MR) is 131 cm³/mol. The number of nitrogens with one attached hydrogen (secondary N) is 2. The Labute approximate surface area is 194 Å². The molecule has 2 fully saturated rings. The minimum absolute atomic E-state index is 0.0127. The third-order valence-electron chi connectivity index (χ3n) is 8.04. The van der Waals surface area contributed by atoms with Gasteiger partial charge in [-0.1, -0.05) is 42.5 Å². The molecule has 1 heterocycles. The highest BCUT2D eigenvalue weighted by atomic mass is 16.1. The zero-order chi connectivity index (χ0) is 22.5. The number of amides is 1. The van der Waals surface area contributed by atoms with Gasteiger partial charge in [0.2, 0.25) is 0 Å². The number of ketones is 1. The lowest BCUT2D eigenvalue weighted by Gasteiger charge is -2.43. The second kappa shape index (κ2) is 7.87. The molecule has 1 amide bonds. The number of rotatable bonds is 4. The molecule has 4 heteroatoms. The van der Waals surface area contributed by atoms with E-state index in [1.54, 1.807) is 18.2 Å². The highest BCUT2D eigenvalue weighted by molar-refractivity contribution is 6.05. The SMILES string of the molecule is CC(=O)c1cccc(NC(=O)c2ccc3c(c2)[C@H]2[C@@H]4CC[C@@H](C4)[C@@H]2[C@@H](c2ccccc2)N3)c1. The molecule has 5 atom stereocenters. The average Bonchev–Trinajstić information content (AvgIpc) is 3.47. The molecule has 3 aliphatic rings. The van der Waals surface area contributed by atoms with Crippen LogP contribution in [0.4, 0.5) is 11.4 Å². The third-order valence-corrected chi connectivity index (χ3v) is 8.04. The first-order valence-corrected chi connectivity index (χ1v) is 12.0. The molecule has 0 aromatic heterocycles. The molecule has 0 radical (unpaired) electrons. The average molecular weight is 437 g/mol. The summed E-state index contributed by atoms with van der Waals surface area (Å²) in [7, 11) is 0. The summed E-state index contributed by atoms with van der Waals surface area (Å²) < 4.78 is 0. The van der Waals surface area contributed by atoms with Crippen molar-refractivity contribution >= 4 is 23.1 Å². The number of hydrogen-bond acceptors (Lipinski definition) is 3. The molecule has 166 valence electrons. The Morgan fingerprint density at radius 3 is 2.52 bits per heavy atom. The van der Waals surface area contributed by atoms with Gasteiger partial charge in [0.25, 0.3) is 5.91 Å². The van der Waals surface area contributed by atoms with Crippen molar-refractivity contribution in [2.45, 2.75) is 38.1 Å². The molecule has 3 aromatic rings. The minimum atomic E-state index is -0.136. The summed E-state index contributed by atoms with van der Waals surface area (Å²) in [4.78, 5) is 24.8. The molecule has 2 saturated carbocycles. The molecule has 2 aliphatic carbocycles. The second-order valence-electron chi connectivity index (χ2n) is 9.86. The van der Waals surface area contributed by atoms with Crippen LogP contribution in [0.25, 0.3) is 0 Å². The Morgan fingerprint density at radius 2 is 1.70 bits per heavy atom. The fourth-order valence-corrected chi connectivity index (χ4v) is 6.64. The van der Waals surface area contributed by atoms with Crippen molar-refractivity contribution in [1.29, 1.82) is 0 Å². The molecule has 4 nitrogen and oxygen atoms in total. The van der Waals surface area contributed by atoms with Gasteiger partial charge in [-0.3, -0.25) is 9.59 Å². The standard InChI is InChI=1S/C29H28N2O2/c1-17(32)19-8-5-9-23(15-19)30-29(33)22-12-13-25-24(16-22)26-20-10-11-21(14-20)27(26)28(31-25)18-6-3-2-4-7-18/h2-9,12-13,15-16,20-21,26-28,31H,10-11,14H2,1H3,(H,30,33)/t20-,21+,26-,27+,28-/m1/s1. The van der Waals surface area contributed by atoms with Crippen molar-refractivity contribution < 1.29 is 9.59 Å². The largest absolute Gasteiger partial charge is 0.378 e. The Morgan fingerprint density at radius 1 is 0.879 bits per heavy atom. The molecule has 3 aromatic carbocycles. The maximum atomic E-state index is 13.1. The predicted octanol–water partition coefficient (Wildman–Crippen LogP) is 6.44. The van der Waals surface area contributed by atoms with Crippen molar-refractivity contribution in [2.75, 3.05) is 10.6 Å². The smallest absolute Gasteiger partial charge is 0.255 e. The van der Waals surface area contributed by atoms with Crippen LogP contribution < -0.4 is 10.6 Å². The van der Waals surface area contributed by atoms with E-state index in [2.05, 4.69) is 53.1 Å². The van der Waals surface area contributed by atoms with Crippen LogP contribution in [0.15, 0.2) is 72.8 Å². The van der Waals surface area contributed by atoms with Gasteiger partial charge < -0.3 is 10.6 Å². The minimum Gasteiger partial charge on any atom is -0.378 e. The summed E-state index contributed by atoms with van der Waals surface area (Å²) in [5.41, 5.74) is 5.73. The summed E-state index contributed by atoms with van der Waals surface area (Å²) in [5, 5.41) is 6.81. The normalized spacial score (nSPS) is 26.8. The van der Waals surface area contributed by atoms with Crippen molar-refractivity contribution in [3.05, 3.63) is 95.1 Å². The Balaban J connectivity index is 1.33. The van der Waals surface area contributed by atoms with E-state index >= 15 is 0 Å². The lowest BCUT2D eigenvalue weighted by Crippen LogP contribution is -2.35. The first-order chi connectivity index (χ1) is 16.1. The van der Waals surface area contributed by atoms with Crippen LogP contribution in [0.3, 0.4) is 0 Å². The Kier molecular flexibility index (Phi) is 4.83. The van der Waals surface area contributed by atoms with Crippen LogP contribution in [-0.4, -0.2) is 11.7 Å². The van der Waals surface area contributed by atoms with Gasteiger partial charge in [0.05, 0.1) is 6.04 Å². The summed E-state index contributed by atoms with van der Waals surface area (Å²) in [6, 6.07) is 24.3. The molecule has 0 spiro atoms. The molecular weight excluding hydrogens is 408 g/mol. The highest BCUT2D eigenvalue weighted by Gasteiger charge is 2.53. The number of anilines is 2. The van der Waals surface area contributed by atoms with Crippen LogP contribution in [0, 0.1) is 17.8 Å². The molecule has 33 heavy (non-hydrogen) atoms. The summed E-state index contributed by atoms with van der Waals surface area (Å²) in [6.07, 6.45) is 3.91. The van der Waals surface area contributed by atoms with E-state index in [1.807, 2.05) is 12.1 Å². The van der Waals surface area contributed by atoms with Gasteiger partial charge in [0.1, 0.15) is 0 Å². The summed E-state index contributed by atoms with van der Waals surface area (Å²) in [6.45, 7) is 1.53. The lowest BCUT2D eigenvalue weighted by molar-refractivity contribution is 0.101. The molecule has 2 N–H and O–H groups in total. The zero-order valence-corrected chi connectivity index (χ0v) is 18.8. The first kappa shape index (κ1) is 20.2. The van der Waals surface area contributed by atoms with Gasteiger partial charge in [-0.25, -0.2) is 0 Å². The highest BCUT2D eigenvalue weighted by Crippen LogP contribution is 2.63. The van der Waals surface area contributed by atoms with Gasteiger partial charge in [0.15, 0.2) is 5.78 Å². The summed E-state index contributed by atoms with van der Waals surface area (Å²) in [5.74, 6) is 2.38. The van der Waals surface area contributed by atoms with E-state index in [-0.39, 0.29) is 11.7 Å². The molecule has 0 unspecified atom stereocenters. The molecular formula is C29H28N2O2. The third kappa shape index (κ3) is 3.45. The number of Topliss-reactive ketones (excluding diaryl/α,β-unsaturated/α-hetero) is 1. The van der Waals surface area contributed by atoms with Crippen molar-refractivity contribution in [3.8, 4) is 0 Å². The van der Waals surface area contributed by atoms with Gasteiger partial charge in [0, 0.05) is 22.5 Å². The van der Waals surface area contributed by atoms with Crippen LogP contribution in [0.2, 0.25) is 0 Å². The number of carbonyl (C=O) groups is 2. The summed E-state index contributed by atoms with van der Waals surface area (Å²) >= 11 is 0. The maximum absolute atomic E-state index is 13.1. The van der Waals surface area contributed by atoms with E-state index in [1.165, 1.54) is 37.3 Å². The molecule has 6 rings (SSSR count). The van der Waals surface area contributed by atoms with Crippen molar-refractivity contribution in [3.63, 3.8) is 0 Å². The van der Waals surface area contributed by atoms with Crippen LogP contribution >= 0.6 is 0 Å². The van der Waals surface area contributed by atoms with Crippen LogP contribution in [0.5, 0.6) is 0 Å². The zero-order valence-electron chi connectivity index (χ0n) is 18.8. The van der Waals surface area contributed by atoms with E-state index in [9.17, 15) is 9.59 Å². The fraction of sp³-hybridized carbons (Fsp3) is 0.310. The fourth-order valence-electron chi connectivity index (χ4n) is 6.64. The van der Waals surface area contributed by atoms with Crippen molar-refractivity contribution in [1.82, 2.24) is 0 Å². The van der Waals surface area contributed by atoms with Gasteiger partial charge in [-0.2, -0.15) is 0 Å². The molecule has 0 saturated heterocycles. The van der Waals surface area contributed by atoms with E-state index < -0.39 is 0 Å². The molecule has 2 bridgehead atoms. The molecule has 1 aliphatic heterocycles. The number of fused-ring (bicyclic) bond motifs is 7. The van der Waals surface area contributed by atoms with E-state index in [0.29, 0.717) is 40.6 Å². The second-order valence-corrected chi connectivity index (χ2v) is 9.86. The lowest BCUT2D eigenvalue weighted by atomic mass is 9.68. The topological polar surface area (TPSA) is 58.2 Å². The number of carbonyl (C=O) groups excluding carboxylic acids is 2. The van der Waals surface area contributed by atoms with Gasteiger partial charge >= 0.3 is 0 Å². The van der Waals surface area contributed by atoms with Crippen LogP contribution in [0.1, 0.15) is 70.0 Å². The van der Waals surface area contributed by atoms with Gasteiger partial charge in [-0.05, 0) is 91.3 Å². The Hall–Kier alpha value is -3.40. The van der Waals surface area contributed by atoms with Crippen LogP contribution in [-0.2, 0) is 0 Å². The number of benzene rings is 3. The van der Waals surface area contributed by atoms with E-state index in [4.69, 9.17) is 0 Å². The quantitative estimate of drug-likeness (QED) is 0.463. The van der Waals surface area contributed by atoms with E-state index in [0.717, 1.165) is 11.6 Å². The first-order valence-electron chi connectivity index (χ1n) is 12.0. The maximum Gasteiger partial charge on any atom is 0.255 e. The number of hydrogen-bond donors (Lipinski definition) is 2. The monoisotopic (exact) mass is 436 g/mol. The van der Waals surface area contributed by atoms with Gasteiger partial charge in [-0.15, -0.1) is 0 Å². The van der Waals surface area contributed by atoms with Crippen molar-refractivity contribution in [2.24, 2.45) is 17.8 Å².